The predicted molar refractivity (Wildman–Crippen MR) is 66.4 cm³/mol. The quantitative estimate of drug-likeness (QED) is 0.593. The highest BCUT2D eigenvalue weighted by atomic mass is 16.5. The van der Waals surface area contributed by atoms with Crippen molar-refractivity contribution in [3.63, 3.8) is 0 Å². The van der Waals surface area contributed by atoms with Gasteiger partial charge in [0.25, 0.3) is 0 Å². The van der Waals surface area contributed by atoms with Gasteiger partial charge >= 0.3 is 0 Å². The second kappa shape index (κ2) is 5.08. The Morgan fingerprint density at radius 2 is 1.06 bits per heavy atom. The predicted octanol–water partition coefficient (Wildman–Crippen LogP) is 4.30. The van der Waals surface area contributed by atoms with Crippen molar-refractivity contribution >= 4 is 0 Å². The minimum absolute atomic E-state index is 0.622. The van der Waals surface area contributed by atoms with Crippen LogP contribution in [0.4, 0.5) is 0 Å². The Bertz CT molecular complexity index is 181. The van der Waals surface area contributed by atoms with E-state index in [0.717, 1.165) is 11.8 Å². The summed E-state index contributed by atoms with van der Waals surface area (Å²) < 4.78 is 6.34. The van der Waals surface area contributed by atoms with E-state index in [1.807, 2.05) is 0 Å². The molecule has 3 rings (SSSR count). The van der Waals surface area contributed by atoms with Crippen LogP contribution >= 0.6 is 0 Å². The molecular formula is C15H26O. The van der Waals surface area contributed by atoms with Gasteiger partial charge in [0, 0.05) is 0 Å². The number of fused-ring (bicyclic) bond motifs is 4. The lowest BCUT2D eigenvalue weighted by Crippen LogP contribution is -2.28. The van der Waals surface area contributed by atoms with Gasteiger partial charge in [0.2, 0.25) is 0 Å². The van der Waals surface area contributed by atoms with Gasteiger partial charge in [-0.3, -0.25) is 0 Å². The highest BCUT2D eigenvalue weighted by Gasteiger charge is 2.31. The normalized spacial score (nSPS) is 45.0. The largest absolute Gasteiger partial charge is 0.375 e. The molecule has 0 N–H and O–H groups in total. The highest BCUT2D eigenvalue weighted by molar-refractivity contribution is 4.82. The molecule has 1 aliphatic carbocycles. The Kier molecular flexibility index (Phi) is 3.51. The fourth-order valence-electron chi connectivity index (χ4n) is 4.24. The van der Waals surface area contributed by atoms with Gasteiger partial charge in [0.05, 0.1) is 12.2 Å². The lowest BCUT2D eigenvalue weighted by Gasteiger charge is -2.32. The topological polar surface area (TPSA) is 9.23 Å². The van der Waals surface area contributed by atoms with E-state index < -0.39 is 0 Å². The van der Waals surface area contributed by atoms with Gasteiger partial charge in [0.15, 0.2) is 0 Å². The molecule has 4 atom stereocenters. The van der Waals surface area contributed by atoms with Crippen molar-refractivity contribution in [1.29, 1.82) is 0 Å². The molecule has 3 fully saturated rings. The molecule has 1 heteroatoms. The number of ether oxygens (including phenoxy) is 1. The van der Waals surface area contributed by atoms with Crippen molar-refractivity contribution in [3.8, 4) is 0 Å². The fraction of sp³-hybridized carbons (Fsp3) is 1.00. The van der Waals surface area contributed by atoms with E-state index in [-0.39, 0.29) is 0 Å². The van der Waals surface area contributed by atoms with Crippen molar-refractivity contribution in [2.75, 3.05) is 0 Å². The van der Waals surface area contributed by atoms with Crippen LogP contribution in [0.3, 0.4) is 0 Å². The first-order valence-corrected chi connectivity index (χ1v) is 7.55. The zero-order valence-corrected chi connectivity index (χ0v) is 10.5. The van der Waals surface area contributed by atoms with Gasteiger partial charge in [-0.2, -0.15) is 0 Å². The average molecular weight is 222 g/mol. The molecule has 0 spiro atoms. The molecule has 2 saturated heterocycles. The van der Waals surface area contributed by atoms with Crippen LogP contribution in [-0.4, -0.2) is 12.2 Å². The number of hydrogen-bond acceptors (Lipinski definition) is 1. The molecule has 0 amide bonds. The Hall–Kier alpha value is -0.0400. The summed E-state index contributed by atoms with van der Waals surface area (Å²) >= 11 is 0. The minimum atomic E-state index is 0.622. The molecule has 3 aliphatic rings. The van der Waals surface area contributed by atoms with E-state index in [1.165, 1.54) is 70.6 Å². The molecule has 0 aromatic rings. The zero-order chi connectivity index (χ0) is 10.8. The van der Waals surface area contributed by atoms with Crippen molar-refractivity contribution < 1.29 is 4.74 Å². The lowest BCUT2D eigenvalue weighted by molar-refractivity contribution is -0.0458. The molecular weight excluding hydrogens is 196 g/mol. The molecule has 4 unspecified atom stereocenters. The third kappa shape index (κ3) is 2.61. The monoisotopic (exact) mass is 222 g/mol. The van der Waals surface area contributed by atoms with E-state index >= 15 is 0 Å². The molecule has 0 radical (unpaired) electrons. The smallest absolute Gasteiger partial charge is 0.0581 e. The van der Waals surface area contributed by atoms with E-state index in [2.05, 4.69) is 0 Å². The third-order valence-corrected chi connectivity index (χ3v) is 5.02. The van der Waals surface area contributed by atoms with Crippen LogP contribution in [0, 0.1) is 11.8 Å². The molecule has 1 nitrogen and oxygen atoms in total. The average Bonchev–Trinajstić information content (AvgIpc) is 2.60. The van der Waals surface area contributed by atoms with Crippen molar-refractivity contribution in [1.82, 2.24) is 0 Å². The Morgan fingerprint density at radius 1 is 0.562 bits per heavy atom. The summed E-state index contributed by atoms with van der Waals surface area (Å²) in [6, 6.07) is 0. The third-order valence-electron chi connectivity index (χ3n) is 5.02. The van der Waals surface area contributed by atoms with E-state index in [1.54, 1.807) is 0 Å². The Morgan fingerprint density at radius 3 is 1.62 bits per heavy atom. The van der Waals surface area contributed by atoms with Crippen LogP contribution in [0.15, 0.2) is 0 Å². The van der Waals surface area contributed by atoms with Crippen molar-refractivity contribution in [2.24, 2.45) is 11.8 Å². The van der Waals surface area contributed by atoms with Crippen LogP contribution in [0.5, 0.6) is 0 Å². The first kappa shape index (κ1) is 11.1. The number of rotatable bonds is 0. The Balaban J connectivity index is 1.73. The SMILES string of the molecule is C1CCC2CC(C1)CC1CCCCC(C2)O1. The van der Waals surface area contributed by atoms with Crippen molar-refractivity contribution in [2.45, 2.75) is 82.8 Å². The summed E-state index contributed by atoms with van der Waals surface area (Å²) in [5, 5.41) is 0. The lowest BCUT2D eigenvalue weighted by atomic mass is 9.84. The van der Waals surface area contributed by atoms with Gasteiger partial charge in [-0.25, -0.2) is 0 Å². The fourth-order valence-corrected chi connectivity index (χ4v) is 4.24. The molecule has 92 valence electrons. The molecule has 2 heterocycles. The van der Waals surface area contributed by atoms with Crippen LogP contribution in [-0.2, 0) is 4.74 Å². The van der Waals surface area contributed by atoms with Crippen LogP contribution in [0.25, 0.3) is 0 Å². The molecule has 0 aromatic carbocycles. The maximum absolute atomic E-state index is 6.34. The van der Waals surface area contributed by atoms with E-state index in [0.29, 0.717) is 12.2 Å². The molecule has 4 bridgehead atoms. The standard InChI is InChI=1S/C15H26O/c1-2-6-13-9-12(5-1)10-14-7-3-4-8-15(11-13)16-14/h12-15H,1-11H2. The maximum atomic E-state index is 6.34. The summed E-state index contributed by atoms with van der Waals surface area (Å²) in [6.07, 6.45) is 17.0. The molecule has 1 saturated carbocycles. The first-order valence-electron chi connectivity index (χ1n) is 7.55. The second-order valence-electron chi connectivity index (χ2n) is 6.39. The minimum Gasteiger partial charge on any atom is -0.375 e. The molecule has 0 aromatic heterocycles. The number of hydrogen-bond donors (Lipinski definition) is 0. The van der Waals surface area contributed by atoms with Gasteiger partial charge < -0.3 is 4.74 Å². The van der Waals surface area contributed by atoms with E-state index in [4.69, 9.17) is 4.74 Å². The summed E-state index contributed by atoms with van der Waals surface area (Å²) in [5.74, 6) is 1.99. The molecule has 2 aliphatic heterocycles. The Labute approximate surface area is 99.9 Å². The second-order valence-corrected chi connectivity index (χ2v) is 6.39. The van der Waals surface area contributed by atoms with Crippen molar-refractivity contribution in [3.05, 3.63) is 0 Å². The zero-order valence-electron chi connectivity index (χ0n) is 10.5. The van der Waals surface area contributed by atoms with Gasteiger partial charge in [0.1, 0.15) is 0 Å². The van der Waals surface area contributed by atoms with Gasteiger partial charge in [-0.15, -0.1) is 0 Å². The summed E-state index contributed by atoms with van der Waals surface area (Å²) in [7, 11) is 0. The van der Waals surface area contributed by atoms with Gasteiger partial charge in [-0.05, 0) is 43.9 Å². The molecule has 16 heavy (non-hydrogen) atoms. The highest BCUT2D eigenvalue weighted by Crippen LogP contribution is 2.39. The van der Waals surface area contributed by atoms with Gasteiger partial charge in [-0.1, -0.05) is 38.5 Å². The van der Waals surface area contributed by atoms with E-state index in [9.17, 15) is 0 Å². The first-order chi connectivity index (χ1) is 7.90. The van der Waals surface area contributed by atoms with Crippen LogP contribution < -0.4 is 0 Å². The summed E-state index contributed by atoms with van der Waals surface area (Å²) in [4.78, 5) is 0. The summed E-state index contributed by atoms with van der Waals surface area (Å²) in [5.41, 5.74) is 0. The maximum Gasteiger partial charge on any atom is 0.0581 e. The summed E-state index contributed by atoms with van der Waals surface area (Å²) in [6.45, 7) is 0. The van der Waals surface area contributed by atoms with Crippen LogP contribution in [0.1, 0.15) is 70.6 Å². The van der Waals surface area contributed by atoms with Crippen LogP contribution in [0.2, 0.25) is 0 Å².